The third-order valence-corrected chi connectivity index (χ3v) is 5.99. The molecule has 1 heterocycles. The number of aromatic nitrogens is 2. The van der Waals surface area contributed by atoms with Gasteiger partial charge in [-0.15, -0.1) is 10.2 Å². The molecule has 6 nitrogen and oxygen atoms in total. The van der Waals surface area contributed by atoms with Crippen molar-refractivity contribution in [2.75, 3.05) is 5.32 Å². The van der Waals surface area contributed by atoms with Gasteiger partial charge in [0.15, 0.2) is 0 Å². The van der Waals surface area contributed by atoms with Crippen LogP contribution in [-0.2, 0) is 17.4 Å². The molecule has 0 radical (unpaired) electrons. The number of hydrogen-bond acceptors (Lipinski definition) is 5. The van der Waals surface area contributed by atoms with Crippen LogP contribution in [0.1, 0.15) is 21.5 Å². The van der Waals surface area contributed by atoms with Crippen molar-refractivity contribution in [1.29, 1.82) is 0 Å². The maximum absolute atomic E-state index is 13.2. The van der Waals surface area contributed by atoms with Crippen LogP contribution in [0.2, 0.25) is 0 Å². The van der Waals surface area contributed by atoms with Crippen LogP contribution in [0.5, 0.6) is 0 Å². The van der Waals surface area contributed by atoms with Gasteiger partial charge in [-0.2, -0.15) is 13.2 Å². The first-order valence-electron chi connectivity index (χ1n) is 10.6. The van der Waals surface area contributed by atoms with Crippen LogP contribution in [-0.4, -0.2) is 28.1 Å². The highest BCUT2D eigenvalue weighted by Crippen LogP contribution is 2.30. The van der Waals surface area contributed by atoms with E-state index in [4.69, 9.17) is 0 Å². The molecule has 0 aliphatic rings. The largest absolute Gasteiger partial charge is 0.416 e. The number of nitrogens with one attached hydrogen (secondary N) is 2. The Morgan fingerprint density at radius 2 is 1.64 bits per heavy atom. The van der Waals surface area contributed by atoms with Crippen molar-refractivity contribution in [2.45, 2.75) is 18.6 Å². The number of nitrogens with zero attached hydrogens (tertiary/aromatic N) is 2. The molecule has 1 aromatic heterocycles. The van der Waals surface area contributed by atoms with Gasteiger partial charge in [-0.1, -0.05) is 47.7 Å². The van der Waals surface area contributed by atoms with Gasteiger partial charge in [0.25, 0.3) is 5.91 Å². The monoisotopic (exact) mass is 514 g/mol. The Kier molecular flexibility index (Phi) is 7.39. The van der Waals surface area contributed by atoms with Gasteiger partial charge in [-0.05, 0) is 48.0 Å². The van der Waals surface area contributed by atoms with Crippen LogP contribution < -0.4 is 10.6 Å². The lowest BCUT2D eigenvalue weighted by molar-refractivity contribution is -0.137. The van der Waals surface area contributed by atoms with Crippen molar-refractivity contribution in [3.05, 3.63) is 101 Å². The van der Waals surface area contributed by atoms with Crippen LogP contribution in [0.4, 0.5) is 22.7 Å². The lowest BCUT2D eigenvalue weighted by atomic mass is 10.0. The Bertz CT molecular complexity index is 1360. The predicted octanol–water partition coefficient (Wildman–Crippen LogP) is 5.34. The average Bonchev–Trinajstić information content (AvgIpc) is 3.32. The van der Waals surface area contributed by atoms with Gasteiger partial charge in [0.2, 0.25) is 11.0 Å². The second kappa shape index (κ2) is 10.6. The van der Waals surface area contributed by atoms with Gasteiger partial charge in [-0.25, -0.2) is 4.39 Å². The zero-order chi connectivity index (χ0) is 25.7. The van der Waals surface area contributed by atoms with E-state index in [1.807, 2.05) is 0 Å². The van der Waals surface area contributed by atoms with Gasteiger partial charge >= 0.3 is 6.18 Å². The minimum atomic E-state index is -4.61. The first-order valence-corrected chi connectivity index (χ1v) is 11.4. The molecule has 0 saturated heterocycles. The van der Waals surface area contributed by atoms with Crippen LogP contribution in [0, 0.1) is 5.82 Å². The predicted molar refractivity (Wildman–Crippen MR) is 127 cm³/mol. The summed E-state index contributed by atoms with van der Waals surface area (Å²) in [6.45, 7) is 0. The fourth-order valence-corrected chi connectivity index (χ4v) is 4.06. The molecule has 0 bridgehead atoms. The van der Waals surface area contributed by atoms with Crippen LogP contribution >= 0.6 is 11.3 Å². The summed E-state index contributed by atoms with van der Waals surface area (Å²) in [4.78, 5) is 25.9. The molecule has 11 heteroatoms. The maximum Gasteiger partial charge on any atom is 0.416 e. The quantitative estimate of drug-likeness (QED) is 0.326. The van der Waals surface area contributed by atoms with E-state index in [1.54, 1.807) is 30.3 Å². The minimum absolute atomic E-state index is 0.0843. The Labute approximate surface area is 207 Å². The zero-order valence-corrected chi connectivity index (χ0v) is 19.2. The van der Waals surface area contributed by atoms with Crippen LogP contribution in [0.25, 0.3) is 10.6 Å². The van der Waals surface area contributed by atoms with Crippen molar-refractivity contribution in [2.24, 2.45) is 0 Å². The van der Waals surface area contributed by atoms with E-state index in [-0.39, 0.29) is 17.1 Å². The molecule has 4 aromatic rings. The summed E-state index contributed by atoms with van der Waals surface area (Å²) < 4.78 is 52.4. The molecular weight excluding hydrogens is 496 g/mol. The van der Waals surface area contributed by atoms with E-state index in [0.717, 1.165) is 35.1 Å². The van der Waals surface area contributed by atoms with Gasteiger partial charge in [0, 0.05) is 17.5 Å². The van der Waals surface area contributed by atoms with E-state index in [0.29, 0.717) is 10.6 Å². The summed E-state index contributed by atoms with van der Waals surface area (Å²) in [5.74, 6) is -1.86. The van der Waals surface area contributed by atoms with Gasteiger partial charge in [-0.3, -0.25) is 14.9 Å². The van der Waals surface area contributed by atoms with Crippen LogP contribution in [0.15, 0.2) is 78.9 Å². The number of anilines is 1. The van der Waals surface area contributed by atoms with Crippen molar-refractivity contribution in [3.8, 4) is 10.6 Å². The van der Waals surface area contributed by atoms with Crippen molar-refractivity contribution in [1.82, 2.24) is 15.5 Å². The first kappa shape index (κ1) is 25.0. The molecule has 0 aliphatic heterocycles. The summed E-state index contributed by atoms with van der Waals surface area (Å²) in [5, 5.41) is 13.6. The maximum atomic E-state index is 13.2. The molecule has 0 saturated carbocycles. The molecule has 36 heavy (non-hydrogen) atoms. The third kappa shape index (κ3) is 6.30. The van der Waals surface area contributed by atoms with Gasteiger partial charge in [0.1, 0.15) is 16.9 Å². The summed E-state index contributed by atoms with van der Waals surface area (Å²) in [6.07, 6.45) is -4.53. The molecule has 1 atom stereocenters. The average molecular weight is 515 g/mol. The number of carbonyl (C=O) groups is 2. The van der Waals surface area contributed by atoms with Crippen molar-refractivity contribution in [3.63, 3.8) is 0 Å². The van der Waals surface area contributed by atoms with Crippen molar-refractivity contribution >= 4 is 28.3 Å². The molecule has 2 N–H and O–H groups in total. The summed E-state index contributed by atoms with van der Waals surface area (Å²) in [5.41, 5.74) is 0.130. The lowest BCUT2D eigenvalue weighted by Gasteiger charge is -2.18. The Morgan fingerprint density at radius 1 is 0.917 bits per heavy atom. The lowest BCUT2D eigenvalue weighted by Crippen LogP contribution is -2.45. The van der Waals surface area contributed by atoms with Gasteiger partial charge < -0.3 is 5.32 Å². The molecule has 0 fully saturated rings. The molecular formula is C25H18F4N4O2S. The van der Waals surface area contributed by atoms with Crippen molar-refractivity contribution < 1.29 is 27.2 Å². The van der Waals surface area contributed by atoms with Gasteiger partial charge in [0.05, 0.1) is 5.56 Å². The molecule has 4 rings (SSSR count). The number of benzene rings is 3. The number of amides is 2. The highest BCUT2D eigenvalue weighted by molar-refractivity contribution is 7.18. The smallest absolute Gasteiger partial charge is 0.340 e. The summed E-state index contributed by atoms with van der Waals surface area (Å²) in [7, 11) is 0. The molecule has 0 aliphatic carbocycles. The topological polar surface area (TPSA) is 84.0 Å². The van der Waals surface area contributed by atoms with E-state index in [9.17, 15) is 27.2 Å². The molecule has 0 unspecified atom stereocenters. The molecule has 3 aromatic carbocycles. The number of carbonyl (C=O) groups excluding carboxylic acids is 2. The van der Waals surface area contributed by atoms with E-state index in [1.165, 1.54) is 30.3 Å². The Hall–Kier alpha value is -4.12. The fourth-order valence-electron chi connectivity index (χ4n) is 3.31. The number of halogens is 4. The van der Waals surface area contributed by atoms with Crippen LogP contribution in [0.3, 0.4) is 0 Å². The molecule has 0 spiro atoms. The highest BCUT2D eigenvalue weighted by atomic mass is 32.1. The Balaban J connectivity index is 1.53. The second-order valence-electron chi connectivity index (χ2n) is 7.70. The van der Waals surface area contributed by atoms with E-state index in [2.05, 4.69) is 20.8 Å². The van der Waals surface area contributed by atoms with E-state index < -0.39 is 35.4 Å². The first-order chi connectivity index (χ1) is 17.2. The molecule has 184 valence electrons. The highest BCUT2D eigenvalue weighted by Gasteiger charge is 2.31. The third-order valence-electron chi connectivity index (χ3n) is 5.10. The normalized spacial score (nSPS) is 12.1. The summed E-state index contributed by atoms with van der Waals surface area (Å²) >= 11 is 1.05. The number of alkyl halides is 3. The second-order valence-corrected chi connectivity index (χ2v) is 8.68. The molecule has 2 amide bonds. The Morgan fingerprint density at radius 3 is 2.33 bits per heavy atom. The zero-order valence-electron chi connectivity index (χ0n) is 18.4. The standard InChI is InChI=1S/C25H18F4N4O2S/c26-19-11-9-16(10-12-19)23-32-33-24(36-23)31-22(35)20(13-15-5-2-1-3-6-15)30-21(34)17-7-4-8-18(14-17)25(27,28)29/h1-12,14,20H,13H2,(H,30,34)(H,31,33,35)/t20-/m1/s1. The SMILES string of the molecule is O=C(N[C@H](Cc1ccccc1)C(=O)Nc1nnc(-c2ccc(F)cc2)s1)c1cccc(C(F)(F)F)c1. The fraction of sp³-hybridized carbons (Fsp3) is 0.120. The van der Waals surface area contributed by atoms with E-state index >= 15 is 0 Å². The minimum Gasteiger partial charge on any atom is -0.340 e. The number of rotatable bonds is 7. The summed E-state index contributed by atoms with van der Waals surface area (Å²) in [6, 6.07) is 17.3. The number of hydrogen-bond donors (Lipinski definition) is 2.